The van der Waals surface area contributed by atoms with Crippen molar-refractivity contribution in [2.24, 2.45) is 11.7 Å². The maximum Gasteiger partial charge on any atom is 0.327 e. The van der Waals surface area contributed by atoms with Gasteiger partial charge in [-0.25, -0.2) is 4.79 Å². The lowest BCUT2D eigenvalue weighted by molar-refractivity contribution is -0.142. The Morgan fingerprint density at radius 3 is 2.10 bits per heavy atom. The summed E-state index contributed by atoms with van der Waals surface area (Å²) < 4.78 is 0. The zero-order valence-electron chi connectivity index (χ0n) is 16.9. The molecule has 0 radical (unpaired) electrons. The van der Waals surface area contributed by atoms with Crippen LogP contribution in [0.2, 0.25) is 0 Å². The van der Waals surface area contributed by atoms with Crippen LogP contribution in [0.4, 0.5) is 0 Å². The molecule has 0 bridgehead atoms. The second-order valence-electron chi connectivity index (χ2n) is 6.59. The molecule has 0 spiro atoms. The van der Waals surface area contributed by atoms with Gasteiger partial charge in [-0.1, -0.05) is 20.3 Å². The number of carbonyl (C=O) groups excluding carboxylic acids is 3. The molecule has 0 aliphatic carbocycles. The van der Waals surface area contributed by atoms with E-state index in [1.54, 1.807) is 6.92 Å². The Morgan fingerprint density at radius 1 is 1.07 bits per heavy atom. The van der Waals surface area contributed by atoms with E-state index in [9.17, 15) is 19.2 Å². The number of thioether (sulfide) groups is 1. The van der Waals surface area contributed by atoms with Crippen LogP contribution in [0.3, 0.4) is 0 Å². The smallest absolute Gasteiger partial charge is 0.327 e. The third kappa shape index (κ3) is 9.70. The molecular formula is C17H32N4O6S2. The van der Waals surface area contributed by atoms with Gasteiger partial charge in [0.25, 0.3) is 0 Å². The third-order valence-electron chi connectivity index (χ3n) is 4.37. The number of hydrogen-bond acceptors (Lipinski definition) is 8. The second kappa shape index (κ2) is 14.5. The van der Waals surface area contributed by atoms with E-state index in [1.165, 1.54) is 11.8 Å². The first kappa shape index (κ1) is 27.5. The van der Waals surface area contributed by atoms with Crippen LogP contribution >= 0.6 is 24.4 Å². The Balaban J connectivity index is 5.37. The largest absolute Gasteiger partial charge is 0.480 e. The highest BCUT2D eigenvalue weighted by Crippen LogP contribution is 2.10. The molecule has 0 aromatic carbocycles. The zero-order valence-corrected chi connectivity index (χ0v) is 18.6. The summed E-state index contributed by atoms with van der Waals surface area (Å²) in [5, 5.41) is 25.6. The predicted octanol–water partition coefficient (Wildman–Crippen LogP) is -1.43. The molecule has 0 aromatic rings. The molecule has 10 nitrogen and oxygen atoms in total. The quantitative estimate of drug-likeness (QED) is 0.157. The molecule has 3 amide bonds. The Morgan fingerprint density at radius 2 is 1.66 bits per heavy atom. The second-order valence-corrected chi connectivity index (χ2v) is 7.94. The summed E-state index contributed by atoms with van der Waals surface area (Å²) in [6.07, 6.45) is 2.68. The third-order valence-corrected chi connectivity index (χ3v) is 5.38. The summed E-state index contributed by atoms with van der Waals surface area (Å²) >= 11 is 5.39. The molecule has 168 valence electrons. The van der Waals surface area contributed by atoms with Crippen molar-refractivity contribution in [3.63, 3.8) is 0 Å². The molecular weight excluding hydrogens is 420 g/mol. The van der Waals surface area contributed by atoms with Gasteiger partial charge in [-0.3, -0.25) is 14.4 Å². The van der Waals surface area contributed by atoms with E-state index in [0.29, 0.717) is 18.6 Å². The van der Waals surface area contributed by atoms with Gasteiger partial charge >= 0.3 is 5.97 Å². The number of rotatable bonds is 14. The number of aliphatic hydroxyl groups excluding tert-OH is 1. The van der Waals surface area contributed by atoms with Crippen LogP contribution in [-0.4, -0.2) is 82.4 Å². The molecule has 0 saturated heterocycles. The molecule has 0 rings (SSSR count). The van der Waals surface area contributed by atoms with Crippen molar-refractivity contribution in [3.05, 3.63) is 0 Å². The molecule has 12 heteroatoms. The lowest BCUT2D eigenvalue weighted by Crippen LogP contribution is -2.59. The lowest BCUT2D eigenvalue weighted by atomic mass is 9.97. The minimum absolute atomic E-state index is 0.103. The van der Waals surface area contributed by atoms with E-state index in [0.717, 1.165) is 0 Å². The highest BCUT2D eigenvalue weighted by atomic mass is 32.2. The maximum absolute atomic E-state index is 12.8. The molecule has 0 aliphatic heterocycles. The van der Waals surface area contributed by atoms with Crippen molar-refractivity contribution >= 4 is 48.1 Å². The number of amides is 3. The van der Waals surface area contributed by atoms with Crippen LogP contribution in [0.1, 0.15) is 26.7 Å². The number of carbonyl (C=O) groups is 4. The molecule has 7 N–H and O–H groups in total. The van der Waals surface area contributed by atoms with Gasteiger partial charge < -0.3 is 31.9 Å². The summed E-state index contributed by atoms with van der Waals surface area (Å²) in [5.41, 5.74) is 5.49. The molecule has 0 aromatic heterocycles. The molecule has 29 heavy (non-hydrogen) atoms. The summed E-state index contributed by atoms with van der Waals surface area (Å²) in [4.78, 5) is 48.5. The van der Waals surface area contributed by atoms with Crippen LogP contribution in [0.15, 0.2) is 0 Å². The minimum Gasteiger partial charge on any atom is -0.480 e. The van der Waals surface area contributed by atoms with E-state index < -0.39 is 54.5 Å². The Kier molecular flexibility index (Phi) is 13.7. The lowest BCUT2D eigenvalue weighted by Gasteiger charge is -2.27. The van der Waals surface area contributed by atoms with Crippen LogP contribution in [0, 0.1) is 5.92 Å². The standard InChI is InChI=1S/C17H32N4O6S2/c1-4-9(2)13(16(25)20-12(8-28)17(26)27)21-15(24)11(5-6-29-3)19-14(23)10(18)7-22/h9-13,22,28H,4-8,18H2,1-3H3,(H,19,23)(H,20,25)(H,21,24)(H,26,27). The predicted molar refractivity (Wildman–Crippen MR) is 115 cm³/mol. The van der Waals surface area contributed by atoms with Gasteiger partial charge in [0.1, 0.15) is 24.2 Å². The highest BCUT2D eigenvalue weighted by molar-refractivity contribution is 7.98. The van der Waals surface area contributed by atoms with E-state index in [4.69, 9.17) is 15.9 Å². The topological polar surface area (TPSA) is 171 Å². The number of aliphatic hydroxyl groups is 1. The number of nitrogens with two attached hydrogens (primary N) is 1. The van der Waals surface area contributed by atoms with Gasteiger partial charge in [0.2, 0.25) is 17.7 Å². The van der Waals surface area contributed by atoms with Gasteiger partial charge in [-0.05, 0) is 24.3 Å². The Bertz CT molecular complexity index is 566. The summed E-state index contributed by atoms with van der Waals surface area (Å²) in [5.74, 6) is -2.97. The van der Waals surface area contributed by atoms with Gasteiger partial charge in [-0.15, -0.1) is 0 Å². The number of carboxylic acid groups (broad SMARTS) is 1. The summed E-state index contributed by atoms with van der Waals surface area (Å²) in [7, 11) is 0. The number of hydrogen-bond donors (Lipinski definition) is 7. The van der Waals surface area contributed by atoms with E-state index >= 15 is 0 Å². The Labute approximate surface area is 180 Å². The normalized spacial score (nSPS) is 16.1. The fourth-order valence-corrected chi connectivity index (χ4v) is 2.99. The van der Waals surface area contributed by atoms with Crippen molar-refractivity contribution in [1.82, 2.24) is 16.0 Å². The monoisotopic (exact) mass is 452 g/mol. The van der Waals surface area contributed by atoms with Gasteiger partial charge in [0.05, 0.1) is 6.61 Å². The highest BCUT2D eigenvalue weighted by Gasteiger charge is 2.32. The average Bonchev–Trinajstić information content (AvgIpc) is 2.70. The van der Waals surface area contributed by atoms with E-state index in [1.807, 2.05) is 13.2 Å². The van der Waals surface area contributed by atoms with Crippen LogP contribution < -0.4 is 21.7 Å². The molecule has 5 atom stereocenters. The minimum atomic E-state index is -1.23. The summed E-state index contributed by atoms with van der Waals surface area (Å²) in [6.45, 7) is 3.01. The van der Waals surface area contributed by atoms with Crippen molar-refractivity contribution in [1.29, 1.82) is 0 Å². The van der Waals surface area contributed by atoms with Crippen molar-refractivity contribution in [3.8, 4) is 0 Å². The first-order valence-corrected chi connectivity index (χ1v) is 11.3. The summed E-state index contributed by atoms with van der Waals surface area (Å²) in [6, 6.07) is -4.30. The van der Waals surface area contributed by atoms with Crippen molar-refractivity contribution in [2.45, 2.75) is 50.9 Å². The number of thiol groups is 1. The number of carboxylic acids is 1. The zero-order chi connectivity index (χ0) is 22.6. The molecule has 0 saturated carbocycles. The Hall–Kier alpha value is -1.50. The maximum atomic E-state index is 12.8. The first-order valence-electron chi connectivity index (χ1n) is 9.22. The number of aliphatic carboxylic acids is 1. The van der Waals surface area contributed by atoms with Crippen LogP contribution in [0.5, 0.6) is 0 Å². The van der Waals surface area contributed by atoms with Gasteiger partial charge in [0, 0.05) is 5.75 Å². The van der Waals surface area contributed by atoms with Crippen molar-refractivity contribution < 1.29 is 29.4 Å². The van der Waals surface area contributed by atoms with E-state index in [2.05, 4.69) is 28.6 Å². The van der Waals surface area contributed by atoms with Gasteiger partial charge in [0.15, 0.2) is 0 Å². The van der Waals surface area contributed by atoms with Crippen LogP contribution in [0.25, 0.3) is 0 Å². The van der Waals surface area contributed by atoms with E-state index in [-0.39, 0.29) is 11.7 Å². The van der Waals surface area contributed by atoms with Crippen LogP contribution in [-0.2, 0) is 19.2 Å². The molecule has 0 aliphatic rings. The molecule has 0 fully saturated rings. The average molecular weight is 453 g/mol. The fourth-order valence-electron chi connectivity index (χ4n) is 2.27. The SMILES string of the molecule is CCC(C)C(NC(=O)C(CCSC)NC(=O)C(N)CO)C(=O)NC(CS)C(=O)O. The van der Waals surface area contributed by atoms with Gasteiger partial charge in [-0.2, -0.15) is 24.4 Å². The fraction of sp³-hybridized carbons (Fsp3) is 0.765. The first-order chi connectivity index (χ1) is 13.6. The van der Waals surface area contributed by atoms with Crippen molar-refractivity contribution in [2.75, 3.05) is 24.4 Å². The molecule has 5 unspecified atom stereocenters. The molecule has 0 heterocycles. The number of nitrogens with one attached hydrogen (secondary N) is 3.